The summed E-state index contributed by atoms with van der Waals surface area (Å²) >= 11 is 1.40. The van der Waals surface area contributed by atoms with Crippen LogP contribution in [0.25, 0.3) is 10.8 Å². The molecule has 6 N–H and O–H groups in total. The lowest BCUT2D eigenvalue weighted by Crippen LogP contribution is -2.61. The number of aliphatic hydroxyl groups is 1. The van der Waals surface area contributed by atoms with Crippen molar-refractivity contribution in [2.45, 2.75) is 87.3 Å². The number of nitrogen functional groups attached to an aromatic ring is 1. The Morgan fingerprint density at radius 2 is 1.67 bits per heavy atom. The molecule has 1 aliphatic carbocycles. The third-order valence-electron chi connectivity index (χ3n) is 10.4. The molecule has 4 aromatic rings. The maximum atomic E-state index is 14.3. The molecule has 55 heavy (non-hydrogen) atoms. The first-order valence-corrected chi connectivity index (χ1v) is 21.3. The highest BCUT2D eigenvalue weighted by Crippen LogP contribution is 2.45. The van der Waals surface area contributed by atoms with Gasteiger partial charge in [-0.15, -0.1) is 0 Å². The van der Waals surface area contributed by atoms with Gasteiger partial charge in [0.1, 0.15) is 11.9 Å². The zero-order chi connectivity index (χ0) is 40.1. The molecule has 1 fully saturated rings. The van der Waals surface area contributed by atoms with E-state index in [2.05, 4.69) is 16.0 Å². The van der Waals surface area contributed by atoms with E-state index in [-0.39, 0.29) is 42.7 Å². The van der Waals surface area contributed by atoms with Crippen LogP contribution in [0.15, 0.2) is 89.8 Å². The largest absolute Gasteiger partial charge is 0.398 e. The third kappa shape index (κ3) is 10.4. The summed E-state index contributed by atoms with van der Waals surface area (Å²) < 4.78 is 43.0. The summed E-state index contributed by atoms with van der Waals surface area (Å²) in [4.78, 5) is 27.8. The minimum absolute atomic E-state index is 0.0724. The number of carbonyl (C=O) groups is 2. The third-order valence-corrected chi connectivity index (χ3v) is 13.5. The van der Waals surface area contributed by atoms with Crippen molar-refractivity contribution in [3.8, 4) is 0 Å². The maximum absolute atomic E-state index is 14.3. The molecule has 296 valence electrons. The number of carbonyl (C=O) groups excluding carboxylic acids is 2. The Morgan fingerprint density at radius 1 is 0.964 bits per heavy atom. The molecule has 1 saturated carbocycles. The molecular weight excluding hydrogens is 738 g/mol. The summed E-state index contributed by atoms with van der Waals surface area (Å²) in [7, 11) is -4.10. The van der Waals surface area contributed by atoms with E-state index in [0.717, 1.165) is 34.9 Å². The highest BCUT2D eigenvalue weighted by molar-refractivity contribution is 8.00. The number of benzene rings is 4. The van der Waals surface area contributed by atoms with Crippen LogP contribution in [0.3, 0.4) is 0 Å². The van der Waals surface area contributed by atoms with E-state index < -0.39 is 50.3 Å². The van der Waals surface area contributed by atoms with Crippen molar-refractivity contribution in [3.63, 3.8) is 0 Å². The molecule has 3 unspecified atom stereocenters. The lowest BCUT2D eigenvalue weighted by molar-refractivity contribution is -0.130. The van der Waals surface area contributed by atoms with Crippen LogP contribution >= 0.6 is 11.8 Å². The average Bonchev–Trinajstić information content (AvgIpc) is 3.94. The van der Waals surface area contributed by atoms with E-state index in [9.17, 15) is 27.5 Å². The van der Waals surface area contributed by atoms with Crippen molar-refractivity contribution >= 4 is 50.1 Å². The molecule has 5 rings (SSSR count). The summed E-state index contributed by atoms with van der Waals surface area (Å²) in [6.07, 6.45) is 2.23. The number of amides is 2. The minimum Gasteiger partial charge on any atom is -0.398 e. The smallest absolute Gasteiger partial charge is 0.244 e. The molecule has 0 radical (unpaired) electrons. The van der Waals surface area contributed by atoms with E-state index in [1.165, 1.54) is 28.2 Å². The van der Waals surface area contributed by atoms with Gasteiger partial charge < -0.3 is 21.5 Å². The van der Waals surface area contributed by atoms with Crippen LogP contribution in [-0.2, 0) is 31.6 Å². The van der Waals surface area contributed by atoms with Crippen LogP contribution < -0.4 is 21.7 Å². The number of nitrogens with one attached hydrogen (secondary N) is 3. The topological polar surface area (TPSA) is 154 Å². The Balaban J connectivity index is 1.37. The van der Waals surface area contributed by atoms with Gasteiger partial charge in [-0.2, -0.15) is 16.1 Å². The van der Waals surface area contributed by atoms with Crippen molar-refractivity contribution in [2.24, 2.45) is 5.92 Å². The molecule has 2 amide bonds. The van der Waals surface area contributed by atoms with Gasteiger partial charge in [-0.05, 0) is 116 Å². The summed E-state index contributed by atoms with van der Waals surface area (Å²) in [6.45, 7) is 9.14. The first-order chi connectivity index (χ1) is 25.9. The van der Waals surface area contributed by atoms with E-state index in [0.29, 0.717) is 11.1 Å². The number of nitrogens with two attached hydrogens (primary N) is 1. The van der Waals surface area contributed by atoms with Crippen molar-refractivity contribution in [1.29, 1.82) is 0 Å². The number of thioether (sulfide) groups is 1. The predicted octanol–water partition coefficient (Wildman–Crippen LogP) is 5.51. The fourth-order valence-corrected chi connectivity index (χ4v) is 8.82. The molecule has 10 nitrogen and oxygen atoms in total. The summed E-state index contributed by atoms with van der Waals surface area (Å²) in [5, 5.41) is 22.6. The normalized spacial score (nSPS) is 15.8. The quantitative estimate of drug-likeness (QED) is 0.0828. The van der Waals surface area contributed by atoms with Gasteiger partial charge in [0.25, 0.3) is 0 Å². The average molecular weight is 792 g/mol. The zero-order valence-electron chi connectivity index (χ0n) is 32.4. The van der Waals surface area contributed by atoms with Gasteiger partial charge in [0.05, 0.1) is 23.6 Å². The lowest BCUT2D eigenvalue weighted by atomic mass is 9.97. The van der Waals surface area contributed by atoms with Crippen LogP contribution in [0, 0.1) is 18.7 Å². The SMILES string of the molecule is CSC(C)(C)C(NC(=O)CNC1(c2cccc(F)c2)CC1)C(=O)NC(Cc1ccccc1)C(O)CN(CC(C)C)S(=O)(=O)c1ccc2cc(C)c(N)cc2c1. The van der Waals surface area contributed by atoms with Gasteiger partial charge >= 0.3 is 0 Å². The second kappa shape index (κ2) is 17.4. The second-order valence-electron chi connectivity index (χ2n) is 15.6. The molecule has 13 heteroatoms. The zero-order valence-corrected chi connectivity index (χ0v) is 34.1. The Kier molecular flexibility index (Phi) is 13.3. The number of aliphatic hydroxyl groups excluding tert-OH is 1. The second-order valence-corrected chi connectivity index (χ2v) is 19.0. The maximum Gasteiger partial charge on any atom is 0.244 e. The number of hydrogen-bond donors (Lipinski definition) is 5. The Labute approximate surface area is 328 Å². The van der Waals surface area contributed by atoms with E-state index >= 15 is 0 Å². The first-order valence-electron chi connectivity index (χ1n) is 18.6. The van der Waals surface area contributed by atoms with Crippen molar-refractivity contribution in [2.75, 3.05) is 31.6 Å². The summed E-state index contributed by atoms with van der Waals surface area (Å²) in [5.41, 5.74) is 8.70. The standard InChI is InChI=1S/C42H54FN5O5S2/c1-27(2)25-48(55(52,53)34-16-15-30-19-28(3)35(44)22-31(30)21-34)26-37(49)36(20-29-11-8-7-9-12-29)46-40(51)39(41(4,5)54-6)47-38(50)24-45-42(17-18-42)32-13-10-14-33(43)23-32/h7-16,19,21-23,27,36-37,39,45,49H,17-18,20,24-26,44H2,1-6H3,(H,46,51)(H,47,50). The number of fused-ring (bicyclic) bond motifs is 1. The Bertz CT molecular complexity index is 2090. The predicted molar refractivity (Wildman–Crippen MR) is 220 cm³/mol. The molecule has 0 saturated heterocycles. The highest BCUT2D eigenvalue weighted by Gasteiger charge is 2.45. The molecule has 0 spiro atoms. The number of hydrogen-bond acceptors (Lipinski definition) is 8. The molecule has 0 aliphatic heterocycles. The van der Waals surface area contributed by atoms with Crippen molar-refractivity contribution in [3.05, 3.63) is 107 Å². The summed E-state index contributed by atoms with van der Waals surface area (Å²) in [5.74, 6) is -1.35. The fraction of sp³-hybridized carbons (Fsp3) is 0.429. The minimum atomic E-state index is -4.10. The van der Waals surface area contributed by atoms with E-state index in [1.54, 1.807) is 30.3 Å². The van der Waals surface area contributed by atoms with E-state index in [1.807, 2.05) is 83.3 Å². The molecule has 4 aromatic carbocycles. The van der Waals surface area contributed by atoms with Crippen LogP contribution in [0.4, 0.5) is 10.1 Å². The van der Waals surface area contributed by atoms with Crippen molar-refractivity contribution in [1.82, 2.24) is 20.3 Å². The number of halogens is 1. The van der Waals surface area contributed by atoms with Gasteiger partial charge in [0, 0.05) is 29.1 Å². The van der Waals surface area contributed by atoms with Crippen molar-refractivity contribution < 1.29 is 27.5 Å². The number of aryl methyl sites for hydroxylation is 1. The highest BCUT2D eigenvalue weighted by atomic mass is 32.2. The summed E-state index contributed by atoms with van der Waals surface area (Å²) in [6, 6.07) is 22.3. The van der Waals surface area contributed by atoms with Gasteiger partial charge in [-0.1, -0.05) is 62.4 Å². The molecular formula is C42H54FN5O5S2. The number of nitrogens with zero attached hydrogens (tertiary/aromatic N) is 1. The fourth-order valence-electron chi connectivity index (χ4n) is 6.76. The first kappa shape index (κ1) is 42.1. The van der Waals surface area contributed by atoms with Crippen LogP contribution in [0.2, 0.25) is 0 Å². The Morgan fingerprint density at radius 3 is 2.31 bits per heavy atom. The van der Waals surface area contributed by atoms with Gasteiger partial charge in [-0.25, -0.2) is 12.8 Å². The molecule has 0 aromatic heterocycles. The molecule has 3 atom stereocenters. The molecule has 0 heterocycles. The number of anilines is 1. The van der Waals surface area contributed by atoms with Crippen LogP contribution in [-0.4, -0.2) is 78.5 Å². The number of sulfonamides is 1. The monoisotopic (exact) mass is 791 g/mol. The van der Waals surface area contributed by atoms with E-state index in [4.69, 9.17) is 5.73 Å². The number of rotatable bonds is 18. The molecule has 1 aliphatic rings. The van der Waals surface area contributed by atoms with Gasteiger partial charge in [0.2, 0.25) is 21.8 Å². The lowest BCUT2D eigenvalue weighted by Gasteiger charge is -2.35. The van der Waals surface area contributed by atoms with Crippen LogP contribution in [0.5, 0.6) is 0 Å². The van der Waals surface area contributed by atoms with Gasteiger partial charge in [-0.3, -0.25) is 14.9 Å². The van der Waals surface area contributed by atoms with Crippen LogP contribution in [0.1, 0.15) is 57.2 Å². The Hall–Kier alpha value is -4.01. The molecule has 0 bridgehead atoms. The van der Waals surface area contributed by atoms with Gasteiger partial charge in [0.15, 0.2) is 0 Å².